The van der Waals surface area contributed by atoms with E-state index in [1.807, 2.05) is 6.07 Å². The molecule has 1 aliphatic rings. The van der Waals surface area contributed by atoms with Gasteiger partial charge in [-0.3, -0.25) is 24.6 Å². The van der Waals surface area contributed by atoms with E-state index in [-0.39, 0.29) is 29.5 Å². The monoisotopic (exact) mass is 476 g/mol. The third-order valence-electron chi connectivity index (χ3n) is 4.14. The Labute approximate surface area is 180 Å². The fraction of sp³-hybridized carbons (Fsp3) is 0.200. The summed E-state index contributed by atoms with van der Waals surface area (Å²) < 4.78 is 6.67. The third kappa shape index (κ3) is 4.86. The number of carbonyl (C=O) groups is 2. The van der Waals surface area contributed by atoms with Crippen LogP contribution >= 0.6 is 27.7 Å². The molecule has 0 atom stereocenters. The van der Waals surface area contributed by atoms with Gasteiger partial charge in [-0.15, -0.1) is 0 Å². The lowest BCUT2D eigenvalue weighted by molar-refractivity contribution is -0.384. The molecule has 0 saturated carbocycles. The van der Waals surface area contributed by atoms with Crippen molar-refractivity contribution in [1.29, 1.82) is 0 Å². The summed E-state index contributed by atoms with van der Waals surface area (Å²) >= 11 is 4.31. The van der Waals surface area contributed by atoms with Gasteiger partial charge < -0.3 is 4.74 Å². The van der Waals surface area contributed by atoms with Crippen LogP contribution in [0.4, 0.5) is 10.5 Å². The molecule has 2 aromatic carbocycles. The highest BCUT2D eigenvalue weighted by molar-refractivity contribution is 9.10. The maximum absolute atomic E-state index is 12.5. The van der Waals surface area contributed by atoms with Gasteiger partial charge >= 0.3 is 0 Å². The van der Waals surface area contributed by atoms with E-state index in [2.05, 4.69) is 15.9 Å². The molecule has 1 fully saturated rings. The van der Waals surface area contributed by atoms with Crippen molar-refractivity contribution in [3.63, 3.8) is 0 Å². The van der Waals surface area contributed by atoms with E-state index in [1.165, 1.54) is 17.0 Å². The highest BCUT2D eigenvalue weighted by atomic mass is 79.9. The number of amides is 2. The average molecular weight is 477 g/mol. The Balaban J connectivity index is 1.82. The summed E-state index contributed by atoms with van der Waals surface area (Å²) in [6, 6.07) is 11.3. The topological polar surface area (TPSA) is 89.8 Å². The van der Waals surface area contributed by atoms with Crippen molar-refractivity contribution in [3.8, 4) is 5.75 Å². The van der Waals surface area contributed by atoms with E-state index in [0.717, 1.165) is 21.8 Å². The number of hydrogen-bond donors (Lipinski definition) is 0. The summed E-state index contributed by atoms with van der Waals surface area (Å²) in [6.07, 6.45) is 1.64. The maximum atomic E-state index is 12.5. The van der Waals surface area contributed by atoms with Crippen molar-refractivity contribution < 1.29 is 19.2 Å². The molecule has 1 aliphatic heterocycles. The number of nitro groups is 1. The van der Waals surface area contributed by atoms with E-state index in [9.17, 15) is 19.7 Å². The first-order valence-electron chi connectivity index (χ1n) is 8.69. The molecule has 2 amide bonds. The van der Waals surface area contributed by atoms with E-state index >= 15 is 0 Å². The Morgan fingerprint density at radius 3 is 2.48 bits per heavy atom. The number of thioether (sulfide) groups is 1. The molecule has 1 saturated heterocycles. The van der Waals surface area contributed by atoms with Crippen molar-refractivity contribution in [2.45, 2.75) is 26.5 Å². The van der Waals surface area contributed by atoms with Gasteiger partial charge in [0.2, 0.25) is 0 Å². The fourth-order valence-electron chi connectivity index (χ4n) is 2.70. The van der Waals surface area contributed by atoms with Crippen molar-refractivity contribution in [2.24, 2.45) is 0 Å². The molecule has 1 heterocycles. The van der Waals surface area contributed by atoms with Gasteiger partial charge in [-0.05, 0) is 67.6 Å². The van der Waals surface area contributed by atoms with Crippen LogP contribution in [-0.2, 0) is 11.4 Å². The summed E-state index contributed by atoms with van der Waals surface area (Å²) in [4.78, 5) is 36.5. The Morgan fingerprint density at radius 2 is 1.90 bits per heavy atom. The number of nitrogens with zero attached hydrogens (tertiary/aromatic N) is 2. The van der Waals surface area contributed by atoms with Crippen LogP contribution in [0.3, 0.4) is 0 Å². The molecule has 0 unspecified atom stereocenters. The summed E-state index contributed by atoms with van der Waals surface area (Å²) in [7, 11) is 0. The molecule has 0 aliphatic carbocycles. The van der Waals surface area contributed by atoms with E-state index in [0.29, 0.717) is 16.2 Å². The molecule has 0 radical (unpaired) electrons. The molecule has 29 heavy (non-hydrogen) atoms. The zero-order valence-corrected chi connectivity index (χ0v) is 18.0. The average Bonchev–Trinajstić information content (AvgIpc) is 2.94. The summed E-state index contributed by atoms with van der Waals surface area (Å²) in [6.45, 7) is 3.78. The molecule has 0 aromatic heterocycles. The summed E-state index contributed by atoms with van der Waals surface area (Å²) in [5.41, 5.74) is 1.43. The first-order chi connectivity index (χ1) is 13.8. The fourth-order valence-corrected chi connectivity index (χ4v) is 4.04. The number of benzene rings is 2. The van der Waals surface area contributed by atoms with Gasteiger partial charge in [-0.2, -0.15) is 0 Å². The van der Waals surface area contributed by atoms with Crippen LogP contribution in [0.1, 0.15) is 25.0 Å². The minimum atomic E-state index is -0.457. The molecule has 7 nitrogen and oxygen atoms in total. The Bertz CT molecular complexity index is 1000. The van der Waals surface area contributed by atoms with Crippen LogP contribution in [0.25, 0.3) is 6.08 Å². The second-order valence-electron chi connectivity index (χ2n) is 6.54. The lowest BCUT2D eigenvalue weighted by Crippen LogP contribution is -2.34. The number of rotatable bonds is 6. The number of non-ortho nitro benzene ring substituents is 1. The van der Waals surface area contributed by atoms with Gasteiger partial charge in [0.15, 0.2) is 0 Å². The number of imide groups is 1. The lowest BCUT2D eigenvalue weighted by atomic mass is 10.1. The van der Waals surface area contributed by atoms with Crippen molar-refractivity contribution in [2.75, 3.05) is 0 Å². The largest absolute Gasteiger partial charge is 0.488 e. The first-order valence-corrected chi connectivity index (χ1v) is 10.3. The van der Waals surface area contributed by atoms with Gasteiger partial charge in [0.1, 0.15) is 12.4 Å². The molecule has 3 rings (SSSR count). The van der Waals surface area contributed by atoms with Gasteiger partial charge in [0, 0.05) is 28.2 Å². The van der Waals surface area contributed by atoms with Crippen LogP contribution in [0, 0.1) is 10.1 Å². The molecule has 0 bridgehead atoms. The maximum Gasteiger partial charge on any atom is 0.293 e. The second kappa shape index (κ2) is 8.79. The zero-order chi connectivity index (χ0) is 21.1. The first kappa shape index (κ1) is 21.1. The molecule has 2 aromatic rings. The van der Waals surface area contributed by atoms with E-state index in [4.69, 9.17) is 4.74 Å². The molecule has 0 spiro atoms. The van der Waals surface area contributed by atoms with Gasteiger partial charge in [0.05, 0.1) is 9.83 Å². The molecule has 0 N–H and O–H groups in total. The van der Waals surface area contributed by atoms with Gasteiger partial charge in [0.25, 0.3) is 16.8 Å². The summed E-state index contributed by atoms with van der Waals surface area (Å²) in [5, 5.41) is 10.5. The number of ether oxygens (including phenoxy) is 1. The Kier molecular flexibility index (Phi) is 6.39. The standard InChI is InChI=1S/C20H17BrN2O5S/c1-12(2)22-19(24)18(29-20(22)25)10-14-9-15(21)5-8-17(14)28-11-13-3-6-16(7-4-13)23(26)27/h3-10,12H,11H2,1-2H3/b18-10+. The highest BCUT2D eigenvalue weighted by Gasteiger charge is 2.36. The minimum absolute atomic E-state index is 0.0129. The van der Waals surface area contributed by atoms with Crippen LogP contribution in [0.15, 0.2) is 51.8 Å². The number of carbonyl (C=O) groups excluding carboxylic acids is 2. The van der Waals surface area contributed by atoms with Crippen molar-refractivity contribution in [1.82, 2.24) is 4.90 Å². The van der Waals surface area contributed by atoms with Crippen LogP contribution in [0.5, 0.6) is 5.75 Å². The van der Waals surface area contributed by atoms with Gasteiger partial charge in [-0.1, -0.05) is 15.9 Å². The highest BCUT2D eigenvalue weighted by Crippen LogP contribution is 2.36. The van der Waals surface area contributed by atoms with Crippen LogP contribution < -0.4 is 4.74 Å². The molecule has 9 heteroatoms. The lowest BCUT2D eigenvalue weighted by Gasteiger charge is -2.16. The number of nitro benzene ring substituents is 1. The predicted octanol–water partition coefficient (Wildman–Crippen LogP) is 5.38. The molecular weight excluding hydrogens is 460 g/mol. The van der Waals surface area contributed by atoms with Crippen molar-refractivity contribution >= 4 is 50.6 Å². The van der Waals surface area contributed by atoms with E-state index < -0.39 is 4.92 Å². The minimum Gasteiger partial charge on any atom is -0.488 e. The number of halogens is 1. The molecule has 150 valence electrons. The van der Waals surface area contributed by atoms with Crippen LogP contribution in [-0.4, -0.2) is 27.0 Å². The Hall–Kier alpha value is -2.65. The van der Waals surface area contributed by atoms with Crippen molar-refractivity contribution in [3.05, 3.63) is 73.1 Å². The quantitative estimate of drug-likeness (QED) is 0.315. The predicted molar refractivity (Wildman–Crippen MR) is 115 cm³/mol. The number of hydrogen-bond acceptors (Lipinski definition) is 6. The summed E-state index contributed by atoms with van der Waals surface area (Å²) in [5.74, 6) is 0.208. The van der Waals surface area contributed by atoms with E-state index in [1.54, 1.807) is 44.2 Å². The normalized spacial score (nSPS) is 15.4. The second-order valence-corrected chi connectivity index (χ2v) is 8.45. The van der Waals surface area contributed by atoms with Gasteiger partial charge in [-0.25, -0.2) is 0 Å². The van der Waals surface area contributed by atoms with Crippen LogP contribution in [0.2, 0.25) is 0 Å². The molecular formula is C20H17BrN2O5S. The smallest absolute Gasteiger partial charge is 0.293 e. The Morgan fingerprint density at radius 1 is 1.21 bits per heavy atom. The third-order valence-corrected chi connectivity index (χ3v) is 5.52. The zero-order valence-electron chi connectivity index (χ0n) is 15.6. The SMILES string of the molecule is CC(C)N1C(=O)S/C(=C/c2cc(Br)ccc2OCc2ccc([N+](=O)[O-])cc2)C1=O.